The Balaban J connectivity index is 1.27. The molecule has 0 atom stereocenters. The molecule has 178 valence electrons. The van der Waals surface area contributed by atoms with Gasteiger partial charge in [0.2, 0.25) is 0 Å². The van der Waals surface area contributed by atoms with Crippen LogP contribution in [0.25, 0.3) is 71.6 Å². The van der Waals surface area contributed by atoms with Crippen LogP contribution in [0, 0.1) is 0 Å². The molecule has 38 heavy (non-hydrogen) atoms. The lowest BCUT2D eigenvalue weighted by Gasteiger charge is -2.10. The molecule has 2 heteroatoms. The highest BCUT2D eigenvalue weighted by atomic mass is 15.0. The lowest BCUT2D eigenvalue weighted by molar-refractivity contribution is 1.18. The molecule has 8 aromatic rings. The Morgan fingerprint density at radius 1 is 0.368 bits per heavy atom. The SMILES string of the molecule is c1ccc(-c2ccc(-c3ccc(-n4c5ccccc5c5c6c(ccc54)[nH]c4ccccc46)cc3)cc2)cc1. The number of nitrogens with zero attached hydrogens (tertiary/aromatic N) is 1. The Morgan fingerprint density at radius 2 is 0.947 bits per heavy atom. The van der Waals surface area contributed by atoms with Crippen LogP contribution in [0.2, 0.25) is 0 Å². The van der Waals surface area contributed by atoms with Gasteiger partial charge < -0.3 is 9.55 Å². The maximum absolute atomic E-state index is 3.61. The van der Waals surface area contributed by atoms with Crippen LogP contribution in [0.3, 0.4) is 0 Å². The number of para-hydroxylation sites is 2. The zero-order valence-electron chi connectivity index (χ0n) is 20.7. The molecule has 2 nitrogen and oxygen atoms in total. The molecule has 0 unspecified atom stereocenters. The molecule has 0 fully saturated rings. The smallest absolute Gasteiger partial charge is 0.0548 e. The third kappa shape index (κ3) is 3.14. The molecule has 1 N–H and O–H groups in total. The Hall–Kier alpha value is -5.08. The van der Waals surface area contributed by atoms with Gasteiger partial charge in [0.15, 0.2) is 0 Å². The van der Waals surface area contributed by atoms with Crippen molar-refractivity contribution in [1.29, 1.82) is 0 Å². The zero-order valence-corrected chi connectivity index (χ0v) is 20.7. The fraction of sp³-hybridized carbons (Fsp3) is 0. The number of aromatic amines is 1. The minimum atomic E-state index is 1.17. The van der Waals surface area contributed by atoms with Crippen LogP contribution in [0.15, 0.2) is 140 Å². The largest absolute Gasteiger partial charge is 0.354 e. The lowest BCUT2D eigenvalue weighted by atomic mass is 10.0. The molecule has 0 amide bonds. The van der Waals surface area contributed by atoms with Crippen LogP contribution in [-0.4, -0.2) is 9.55 Å². The first-order valence-corrected chi connectivity index (χ1v) is 13.0. The predicted molar refractivity (Wildman–Crippen MR) is 161 cm³/mol. The van der Waals surface area contributed by atoms with Crippen LogP contribution < -0.4 is 0 Å². The van der Waals surface area contributed by atoms with Gasteiger partial charge in [0.1, 0.15) is 0 Å². The van der Waals surface area contributed by atoms with Gasteiger partial charge in [-0.15, -0.1) is 0 Å². The molecule has 0 saturated carbocycles. The maximum Gasteiger partial charge on any atom is 0.0548 e. The summed E-state index contributed by atoms with van der Waals surface area (Å²) in [4.78, 5) is 3.61. The van der Waals surface area contributed by atoms with Crippen LogP contribution >= 0.6 is 0 Å². The molecule has 0 spiro atoms. The normalized spacial score (nSPS) is 11.7. The van der Waals surface area contributed by atoms with E-state index in [-0.39, 0.29) is 0 Å². The van der Waals surface area contributed by atoms with Gasteiger partial charge in [-0.1, -0.05) is 103 Å². The maximum atomic E-state index is 3.61. The predicted octanol–water partition coefficient (Wildman–Crippen LogP) is 9.75. The van der Waals surface area contributed by atoms with Gasteiger partial charge in [0, 0.05) is 38.3 Å². The number of hydrogen-bond donors (Lipinski definition) is 1. The third-order valence-corrected chi connectivity index (χ3v) is 7.76. The average molecular weight is 485 g/mol. The number of rotatable bonds is 3. The van der Waals surface area contributed by atoms with Crippen molar-refractivity contribution < 1.29 is 0 Å². The molecule has 2 aromatic heterocycles. The first-order valence-electron chi connectivity index (χ1n) is 13.0. The number of H-pyrrole nitrogens is 1. The minimum Gasteiger partial charge on any atom is -0.354 e. The number of benzene rings is 6. The van der Waals surface area contributed by atoms with Gasteiger partial charge >= 0.3 is 0 Å². The Bertz CT molecular complexity index is 2090. The van der Waals surface area contributed by atoms with Gasteiger partial charge in [-0.2, -0.15) is 0 Å². The molecular formula is C36H24N2. The lowest BCUT2D eigenvalue weighted by Crippen LogP contribution is -1.93. The van der Waals surface area contributed by atoms with E-state index in [4.69, 9.17) is 0 Å². The van der Waals surface area contributed by atoms with Crippen molar-refractivity contribution in [3.8, 4) is 27.9 Å². The summed E-state index contributed by atoms with van der Waals surface area (Å²) in [6, 6.07) is 50.1. The second-order valence-corrected chi connectivity index (χ2v) is 9.90. The summed E-state index contributed by atoms with van der Waals surface area (Å²) < 4.78 is 2.40. The van der Waals surface area contributed by atoms with E-state index in [9.17, 15) is 0 Å². The first kappa shape index (κ1) is 21.0. The highest BCUT2D eigenvalue weighted by molar-refractivity contribution is 6.28. The van der Waals surface area contributed by atoms with E-state index in [0.29, 0.717) is 0 Å². The molecule has 6 aromatic carbocycles. The van der Waals surface area contributed by atoms with Crippen molar-refractivity contribution in [3.05, 3.63) is 140 Å². The molecule has 0 bridgehead atoms. The van der Waals surface area contributed by atoms with E-state index in [1.807, 2.05) is 0 Å². The standard InChI is InChI=1S/C36H24N2/c1-2-8-24(9-3-1)25-14-16-26(17-15-25)27-18-20-28(21-19-27)38-33-13-7-5-11-30(33)36-34(38)23-22-32-35(36)29-10-4-6-12-31(29)37-32/h1-23,37H. The summed E-state index contributed by atoms with van der Waals surface area (Å²) in [7, 11) is 0. The van der Waals surface area contributed by atoms with Crippen molar-refractivity contribution in [1.82, 2.24) is 9.55 Å². The topological polar surface area (TPSA) is 20.7 Å². The molecule has 0 aliphatic carbocycles. The van der Waals surface area contributed by atoms with Crippen LogP contribution in [0.1, 0.15) is 0 Å². The molecule has 0 radical (unpaired) electrons. The van der Waals surface area contributed by atoms with Gasteiger partial charge in [0.05, 0.1) is 11.0 Å². The van der Waals surface area contributed by atoms with Crippen molar-refractivity contribution >= 4 is 43.6 Å². The second-order valence-electron chi connectivity index (χ2n) is 9.90. The summed E-state index contributed by atoms with van der Waals surface area (Å²) in [6.45, 7) is 0. The molecule has 8 rings (SSSR count). The fourth-order valence-corrected chi connectivity index (χ4v) is 5.97. The Morgan fingerprint density at radius 3 is 1.68 bits per heavy atom. The van der Waals surface area contributed by atoms with Gasteiger partial charge in [-0.3, -0.25) is 0 Å². The molecular weight excluding hydrogens is 460 g/mol. The van der Waals surface area contributed by atoms with E-state index in [2.05, 4.69) is 149 Å². The summed E-state index contributed by atoms with van der Waals surface area (Å²) in [5, 5.41) is 5.14. The highest BCUT2D eigenvalue weighted by Crippen LogP contribution is 2.40. The van der Waals surface area contributed by atoms with Gasteiger partial charge in [-0.05, 0) is 58.7 Å². The molecule has 0 aliphatic rings. The number of fused-ring (bicyclic) bond motifs is 7. The van der Waals surface area contributed by atoms with Crippen LogP contribution in [-0.2, 0) is 0 Å². The van der Waals surface area contributed by atoms with E-state index in [1.165, 1.54) is 71.6 Å². The summed E-state index contributed by atoms with van der Waals surface area (Å²) in [6.07, 6.45) is 0. The Labute approximate surface area is 220 Å². The minimum absolute atomic E-state index is 1.17. The van der Waals surface area contributed by atoms with E-state index < -0.39 is 0 Å². The van der Waals surface area contributed by atoms with Crippen molar-refractivity contribution in [3.63, 3.8) is 0 Å². The number of nitrogens with one attached hydrogen (secondary N) is 1. The summed E-state index contributed by atoms with van der Waals surface area (Å²) in [5.41, 5.74) is 10.9. The fourth-order valence-electron chi connectivity index (χ4n) is 5.97. The second kappa shape index (κ2) is 8.22. The van der Waals surface area contributed by atoms with Crippen molar-refractivity contribution in [2.24, 2.45) is 0 Å². The van der Waals surface area contributed by atoms with Crippen molar-refractivity contribution in [2.45, 2.75) is 0 Å². The summed E-state index contributed by atoms with van der Waals surface area (Å²) >= 11 is 0. The molecule has 2 heterocycles. The van der Waals surface area contributed by atoms with Gasteiger partial charge in [-0.25, -0.2) is 0 Å². The molecule has 0 aliphatic heterocycles. The monoisotopic (exact) mass is 484 g/mol. The number of hydrogen-bond acceptors (Lipinski definition) is 0. The number of aromatic nitrogens is 2. The van der Waals surface area contributed by atoms with Gasteiger partial charge in [0.25, 0.3) is 0 Å². The van der Waals surface area contributed by atoms with E-state index in [1.54, 1.807) is 0 Å². The van der Waals surface area contributed by atoms with Crippen LogP contribution in [0.5, 0.6) is 0 Å². The highest BCUT2D eigenvalue weighted by Gasteiger charge is 2.17. The summed E-state index contributed by atoms with van der Waals surface area (Å²) in [5.74, 6) is 0. The average Bonchev–Trinajstić information content (AvgIpc) is 3.53. The zero-order chi connectivity index (χ0) is 25.1. The first-order chi connectivity index (χ1) is 18.8. The van der Waals surface area contributed by atoms with Crippen LogP contribution in [0.4, 0.5) is 0 Å². The van der Waals surface area contributed by atoms with E-state index >= 15 is 0 Å². The third-order valence-electron chi connectivity index (χ3n) is 7.76. The quantitative estimate of drug-likeness (QED) is 0.258. The van der Waals surface area contributed by atoms with E-state index in [0.717, 1.165) is 0 Å². The Kier molecular flexibility index (Phi) is 4.55. The van der Waals surface area contributed by atoms with Crippen molar-refractivity contribution in [2.75, 3.05) is 0 Å². The molecule has 0 saturated heterocycles.